The molecule has 1 nitrogen and oxygen atoms in total. The van der Waals surface area contributed by atoms with Gasteiger partial charge < -0.3 is 5.73 Å². The van der Waals surface area contributed by atoms with Gasteiger partial charge in [0.05, 0.1) is 0 Å². The number of thioether (sulfide) groups is 1. The normalized spacial score (nSPS) is 29.0. The van der Waals surface area contributed by atoms with Crippen molar-refractivity contribution in [3.8, 4) is 0 Å². The van der Waals surface area contributed by atoms with E-state index in [9.17, 15) is 8.78 Å². The van der Waals surface area contributed by atoms with Crippen LogP contribution in [0, 0.1) is 5.92 Å². The molecule has 1 aliphatic carbocycles. The van der Waals surface area contributed by atoms with Gasteiger partial charge in [-0.15, -0.1) is 12.4 Å². The minimum absolute atomic E-state index is 0. The summed E-state index contributed by atoms with van der Waals surface area (Å²) in [6.07, 6.45) is 2.97. The summed E-state index contributed by atoms with van der Waals surface area (Å²) in [5, 5.41) is 0. The molecule has 1 rings (SSSR count). The third-order valence-electron chi connectivity index (χ3n) is 2.04. The fraction of sp³-hybridized carbons (Fsp3) is 1.00. The first kappa shape index (κ1) is 12.5. The highest BCUT2D eigenvalue weighted by Gasteiger charge is 2.22. The smallest absolute Gasteiger partial charge is 0.284 e. The average molecular weight is 218 g/mol. The summed E-state index contributed by atoms with van der Waals surface area (Å²) in [6.45, 7) is 0. The summed E-state index contributed by atoms with van der Waals surface area (Å²) in [5.74, 6) is -1.21. The minimum atomic E-state index is -2.22. The molecule has 2 N–H and O–H groups in total. The number of halogens is 3. The molecule has 0 aromatic heterocycles. The summed E-state index contributed by atoms with van der Waals surface area (Å²) >= 11 is 0.742. The molecule has 0 bridgehead atoms. The lowest BCUT2D eigenvalue weighted by molar-refractivity contribution is 0.251. The molecule has 0 aliphatic heterocycles. The average Bonchev–Trinajstić information content (AvgIpc) is 2.31. The maximum absolute atomic E-state index is 11.7. The first-order valence-corrected chi connectivity index (χ1v) is 4.88. The van der Waals surface area contributed by atoms with Crippen LogP contribution in [0.4, 0.5) is 8.78 Å². The Bertz CT molecular complexity index is 126. The standard InChI is InChI=1S/C7H13F2NS.ClH/c8-7(9)11-4-5-1-2-6(10)3-5;/h5-7H,1-4,10H2;1H/t5-,6+;/m0./s1. The van der Waals surface area contributed by atoms with Gasteiger partial charge in [-0.3, -0.25) is 0 Å². The Morgan fingerprint density at radius 2 is 2.08 bits per heavy atom. The van der Waals surface area contributed by atoms with Crippen LogP contribution in [0.5, 0.6) is 0 Å². The number of rotatable bonds is 3. The van der Waals surface area contributed by atoms with E-state index in [0.717, 1.165) is 31.0 Å². The molecule has 5 heteroatoms. The van der Waals surface area contributed by atoms with E-state index >= 15 is 0 Å². The van der Waals surface area contributed by atoms with Crippen LogP contribution in [0.3, 0.4) is 0 Å². The predicted octanol–water partition coefficient (Wildman–Crippen LogP) is 2.49. The van der Waals surface area contributed by atoms with Gasteiger partial charge in [-0.25, -0.2) is 0 Å². The molecule has 1 fully saturated rings. The molecule has 0 saturated heterocycles. The lowest BCUT2D eigenvalue weighted by Crippen LogP contribution is -2.15. The number of hydrogen-bond acceptors (Lipinski definition) is 2. The lowest BCUT2D eigenvalue weighted by Gasteiger charge is -2.07. The van der Waals surface area contributed by atoms with Crippen molar-refractivity contribution in [2.45, 2.75) is 31.1 Å². The zero-order valence-corrected chi connectivity index (χ0v) is 8.34. The molecule has 2 atom stereocenters. The van der Waals surface area contributed by atoms with Crippen LogP contribution in [0.1, 0.15) is 19.3 Å². The van der Waals surface area contributed by atoms with E-state index in [1.807, 2.05) is 0 Å². The van der Waals surface area contributed by atoms with Gasteiger partial charge in [0, 0.05) is 11.8 Å². The molecule has 0 amide bonds. The molecule has 0 aromatic rings. The van der Waals surface area contributed by atoms with Crippen molar-refractivity contribution >= 4 is 24.2 Å². The summed E-state index contributed by atoms with van der Waals surface area (Å²) in [4.78, 5) is 0. The Morgan fingerprint density at radius 1 is 1.42 bits per heavy atom. The predicted molar refractivity (Wildman–Crippen MR) is 51.0 cm³/mol. The van der Waals surface area contributed by atoms with E-state index < -0.39 is 5.76 Å². The maximum atomic E-state index is 11.7. The van der Waals surface area contributed by atoms with Gasteiger partial charge in [0.25, 0.3) is 5.76 Å². The van der Waals surface area contributed by atoms with E-state index in [1.165, 1.54) is 0 Å². The van der Waals surface area contributed by atoms with Gasteiger partial charge in [-0.1, -0.05) is 11.8 Å². The molecule has 12 heavy (non-hydrogen) atoms. The Hall–Kier alpha value is 0.460. The summed E-state index contributed by atoms with van der Waals surface area (Å²) in [6, 6.07) is 0.262. The van der Waals surface area contributed by atoms with E-state index in [0.29, 0.717) is 11.7 Å². The van der Waals surface area contributed by atoms with Crippen molar-refractivity contribution in [2.24, 2.45) is 11.7 Å². The molecular weight excluding hydrogens is 204 g/mol. The first-order valence-electron chi connectivity index (χ1n) is 3.84. The Labute approximate surface area is 81.9 Å². The van der Waals surface area contributed by atoms with E-state index in [4.69, 9.17) is 5.73 Å². The summed E-state index contributed by atoms with van der Waals surface area (Å²) < 4.78 is 23.4. The van der Waals surface area contributed by atoms with Crippen molar-refractivity contribution in [2.75, 3.05) is 5.75 Å². The van der Waals surface area contributed by atoms with Crippen molar-refractivity contribution in [1.82, 2.24) is 0 Å². The topological polar surface area (TPSA) is 26.0 Å². The van der Waals surface area contributed by atoms with Gasteiger partial charge in [0.2, 0.25) is 0 Å². The highest BCUT2D eigenvalue weighted by Crippen LogP contribution is 2.29. The Kier molecular flexibility index (Phi) is 6.23. The Balaban J connectivity index is 0.00000121. The molecule has 1 saturated carbocycles. The van der Waals surface area contributed by atoms with Gasteiger partial charge in [-0.05, 0) is 25.2 Å². The fourth-order valence-electron chi connectivity index (χ4n) is 1.47. The fourth-order valence-corrected chi connectivity index (χ4v) is 2.19. The van der Waals surface area contributed by atoms with Crippen LogP contribution in [-0.4, -0.2) is 17.6 Å². The van der Waals surface area contributed by atoms with E-state index in [-0.39, 0.29) is 18.4 Å². The Morgan fingerprint density at radius 3 is 2.50 bits per heavy atom. The molecule has 0 unspecified atom stereocenters. The summed E-state index contributed by atoms with van der Waals surface area (Å²) in [5.41, 5.74) is 5.63. The van der Waals surface area contributed by atoms with Crippen molar-refractivity contribution in [1.29, 1.82) is 0 Å². The zero-order valence-electron chi connectivity index (χ0n) is 6.71. The van der Waals surface area contributed by atoms with Crippen LogP contribution in [0.2, 0.25) is 0 Å². The third kappa shape index (κ3) is 4.48. The van der Waals surface area contributed by atoms with Gasteiger partial charge >= 0.3 is 0 Å². The SMILES string of the molecule is Cl.N[C@@H]1CC[C@H](CSC(F)F)C1. The molecular formula is C7H14ClF2NS. The van der Waals surface area contributed by atoms with Gasteiger partial charge in [0.1, 0.15) is 0 Å². The lowest BCUT2D eigenvalue weighted by atomic mass is 10.1. The minimum Gasteiger partial charge on any atom is -0.328 e. The first-order chi connectivity index (χ1) is 5.18. The van der Waals surface area contributed by atoms with Gasteiger partial charge in [0.15, 0.2) is 0 Å². The maximum Gasteiger partial charge on any atom is 0.284 e. The van der Waals surface area contributed by atoms with Gasteiger partial charge in [-0.2, -0.15) is 8.78 Å². The molecule has 0 radical (unpaired) electrons. The summed E-state index contributed by atoms with van der Waals surface area (Å²) in [7, 11) is 0. The molecule has 0 aromatic carbocycles. The number of nitrogens with two attached hydrogens (primary N) is 1. The van der Waals surface area contributed by atoms with Crippen LogP contribution < -0.4 is 5.73 Å². The molecule has 0 heterocycles. The zero-order chi connectivity index (χ0) is 8.27. The van der Waals surface area contributed by atoms with Crippen molar-refractivity contribution in [3.05, 3.63) is 0 Å². The second kappa shape index (κ2) is 6.00. The number of alkyl halides is 2. The quantitative estimate of drug-likeness (QED) is 0.786. The molecule has 1 aliphatic rings. The highest BCUT2D eigenvalue weighted by atomic mass is 35.5. The van der Waals surface area contributed by atoms with Crippen LogP contribution in [-0.2, 0) is 0 Å². The van der Waals surface area contributed by atoms with E-state index in [1.54, 1.807) is 0 Å². The second-order valence-corrected chi connectivity index (χ2v) is 4.06. The van der Waals surface area contributed by atoms with E-state index in [2.05, 4.69) is 0 Å². The highest BCUT2D eigenvalue weighted by molar-refractivity contribution is 7.99. The largest absolute Gasteiger partial charge is 0.328 e. The van der Waals surface area contributed by atoms with Crippen molar-refractivity contribution in [3.63, 3.8) is 0 Å². The number of hydrogen-bond donors (Lipinski definition) is 1. The van der Waals surface area contributed by atoms with Crippen molar-refractivity contribution < 1.29 is 8.78 Å². The van der Waals surface area contributed by atoms with Crippen LogP contribution >= 0.6 is 24.2 Å². The molecule has 74 valence electrons. The second-order valence-electron chi connectivity index (χ2n) is 3.03. The molecule has 0 spiro atoms. The monoisotopic (exact) mass is 217 g/mol. The van der Waals surface area contributed by atoms with Crippen LogP contribution in [0.15, 0.2) is 0 Å². The van der Waals surface area contributed by atoms with Crippen LogP contribution in [0.25, 0.3) is 0 Å². The third-order valence-corrected chi connectivity index (χ3v) is 2.96.